The highest BCUT2D eigenvalue weighted by atomic mass is 16.5. The molecule has 170 valence electrons. The maximum absolute atomic E-state index is 5.73. The van der Waals surface area contributed by atoms with Gasteiger partial charge in [0.15, 0.2) is 0 Å². The Morgan fingerprint density at radius 2 is 0.679 bits per heavy atom. The molecule has 0 aliphatic heterocycles. The van der Waals surface area contributed by atoms with Gasteiger partial charge in [-0.05, 0) is 61.5 Å². The van der Waals surface area contributed by atoms with Crippen LogP contribution in [0.2, 0.25) is 0 Å². The molecule has 7 heteroatoms. The molecular weight excluding hydrogens is 356 g/mol. The van der Waals surface area contributed by atoms with Crippen molar-refractivity contribution in [2.24, 2.45) is 0 Å². The molecule has 0 aliphatic rings. The average molecular weight is 405 g/mol. The molecule has 0 N–H and O–H groups in total. The van der Waals surface area contributed by atoms with Crippen molar-refractivity contribution in [3.8, 4) is 0 Å². The largest absolute Gasteiger partial charge is 0.380 e. The van der Waals surface area contributed by atoms with Gasteiger partial charge in [0.2, 0.25) is 0 Å². The van der Waals surface area contributed by atoms with E-state index in [0.29, 0.717) is 0 Å². The fraction of sp³-hybridized carbons (Fsp3) is 1.00. The topological polar surface area (TPSA) is 40.6 Å². The molecule has 0 amide bonds. The Morgan fingerprint density at radius 1 is 0.393 bits per heavy atom. The van der Waals surface area contributed by atoms with Crippen molar-refractivity contribution in [1.29, 1.82) is 0 Å². The van der Waals surface area contributed by atoms with Crippen molar-refractivity contribution in [1.82, 2.24) is 19.6 Å². The van der Waals surface area contributed by atoms with Crippen LogP contribution in [0.3, 0.4) is 0 Å². The summed E-state index contributed by atoms with van der Waals surface area (Å²) < 4.78 is 17.2. The minimum Gasteiger partial charge on any atom is -0.380 e. The Hall–Kier alpha value is -0.280. The zero-order valence-electron chi connectivity index (χ0n) is 19.6. The highest BCUT2D eigenvalue weighted by Crippen LogP contribution is 1.99. The van der Waals surface area contributed by atoms with Crippen molar-refractivity contribution in [3.05, 3.63) is 0 Å². The molecule has 0 saturated heterocycles. The van der Waals surface area contributed by atoms with Gasteiger partial charge >= 0.3 is 0 Å². The van der Waals surface area contributed by atoms with E-state index in [4.69, 9.17) is 14.2 Å². The van der Waals surface area contributed by atoms with Crippen molar-refractivity contribution in [2.45, 2.75) is 19.3 Å². The van der Waals surface area contributed by atoms with Crippen molar-refractivity contribution in [2.75, 3.05) is 121 Å². The van der Waals surface area contributed by atoms with Crippen LogP contribution in [0.15, 0.2) is 0 Å². The van der Waals surface area contributed by atoms with Crippen LogP contribution in [0.5, 0.6) is 0 Å². The molecule has 0 aliphatic carbocycles. The highest BCUT2D eigenvalue weighted by Gasteiger charge is 2.05. The Balaban J connectivity index is 3.89. The number of likely N-dealkylation sites (N-methyl/N-ethyl adjacent to an activating group) is 3. The number of nitrogens with zero attached hydrogens (tertiary/aromatic N) is 4. The van der Waals surface area contributed by atoms with Gasteiger partial charge in [-0.1, -0.05) is 0 Å². The summed E-state index contributed by atoms with van der Waals surface area (Å²) in [6.45, 7) is 11.1. The lowest BCUT2D eigenvalue weighted by Gasteiger charge is -2.22. The zero-order chi connectivity index (χ0) is 21.0. The maximum atomic E-state index is 5.73. The van der Waals surface area contributed by atoms with Gasteiger partial charge in [-0.25, -0.2) is 0 Å². The van der Waals surface area contributed by atoms with E-state index < -0.39 is 0 Å². The summed E-state index contributed by atoms with van der Waals surface area (Å²) in [5, 5.41) is 0. The van der Waals surface area contributed by atoms with E-state index in [0.717, 1.165) is 98.2 Å². The molecule has 0 rings (SSSR count). The first-order valence-electron chi connectivity index (χ1n) is 10.8. The third-order valence-corrected chi connectivity index (χ3v) is 4.34. The molecule has 0 fully saturated rings. The maximum Gasteiger partial charge on any atom is 0.0593 e. The van der Waals surface area contributed by atoms with Crippen LogP contribution in [0, 0.1) is 0 Å². The van der Waals surface area contributed by atoms with Crippen LogP contribution < -0.4 is 0 Å². The van der Waals surface area contributed by atoms with Gasteiger partial charge in [0.1, 0.15) is 0 Å². The van der Waals surface area contributed by atoms with Crippen LogP contribution in [0.1, 0.15) is 19.3 Å². The Labute approximate surface area is 174 Å². The lowest BCUT2D eigenvalue weighted by Crippen LogP contribution is -2.30. The second-order valence-corrected chi connectivity index (χ2v) is 8.15. The molecule has 0 spiro atoms. The van der Waals surface area contributed by atoms with Gasteiger partial charge in [-0.15, -0.1) is 0 Å². The summed E-state index contributed by atoms with van der Waals surface area (Å²) >= 11 is 0. The van der Waals surface area contributed by atoms with Crippen molar-refractivity contribution in [3.63, 3.8) is 0 Å². The van der Waals surface area contributed by atoms with E-state index in [9.17, 15) is 0 Å². The van der Waals surface area contributed by atoms with Crippen LogP contribution in [-0.2, 0) is 14.2 Å². The Kier molecular flexibility index (Phi) is 19.8. The van der Waals surface area contributed by atoms with Gasteiger partial charge in [-0.2, -0.15) is 0 Å². The normalized spacial score (nSPS) is 12.2. The van der Waals surface area contributed by atoms with Crippen LogP contribution >= 0.6 is 0 Å². The lowest BCUT2D eigenvalue weighted by molar-refractivity contribution is 0.0867. The standard InChI is InChI=1S/C21H48N4O3/c1-22(2)13-19-26-16-7-10-25(11-8-17-27-20-14-23(3)4)12-9-18-28-21-15-24(5)6/h7-21H2,1-6H3. The zero-order valence-corrected chi connectivity index (χ0v) is 19.6. The molecule has 0 bridgehead atoms. The second kappa shape index (κ2) is 20.0. The fourth-order valence-corrected chi connectivity index (χ4v) is 2.55. The molecule has 7 nitrogen and oxygen atoms in total. The molecule has 0 aromatic carbocycles. The third kappa shape index (κ3) is 22.0. The van der Waals surface area contributed by atoms with E-state index in [2.05, 4.69) is 61.9 Å². The molecule has 0 heterocycles. The summed E-state index contributed by atoms with van der Waals surface area (Å²) in [6.07, 6.45) is 3.24. The van der Waals surface area contributed by atoms with Gasteiger partial charge in [0.25, 0.3) is 0 Å². The van der Waals surface area contributed by atoms with Crippen LogP contribution in [0.25, 0.3) is 0 Å². The molecule has 0 unspecified atom stereocenters. The van der Waals surface area contributed by atoms with E-state index in [-0.39, 0.29) is 0 Å². The summed E-state index contributed by atoms with van der Waals surface area (Å²) in [5.41, 5.74) is 0. The molecule has 0 atom stereocenters. The molecule has 0 aromatic heterocycles. The van der Waals surface area contributed by atoms with Crippen LogP contribution in [-0.4, -0.2) is 141 Å². The molecule has 28 heavy (non-hydrogen) atoms. The molecular formula is C21H48N4O3. The first-order chi connectivity index (χ1) is 13.4. The first kappa shape index (κ1) is 27.7. The number of rotatable bonds is 21. The summed E-state index contributed by atoms with van der Waals surface area (Å²) in [4.78, 5) is 8.98. The van der Waals surface area contributed by atoms with E-state index >= 15 is 0 Å². The van der Waals surface area contributed by atoms with Crippen LogP contribution in [0.4, 0.5) is 0 Å². The van der Waals surface area contributed by atoms with Crippen molar-refractivity contribution >= 4 is 0 Å². The number of hydrogen-bond acceptors (Lipinski definition) is 7. The predicted octanol–water partition coefficient (Wildman–Crippen LogP) is 1.19. The van der Waals surface area contributed by atoms with Gasteiger partial charge in [0.05, 0.1) is 19.8 Å². The summed E-state index contributed by atoms with van der Waals surface area (Å²) in [5.74, 6) is 0. The van der Waals surface area contributed by atoms with Gasteiger partial charge in [0, 0.05) is 59.1 Å². The predicted molar refractivity (Wildman–Crippen MR) is 118 cm³/mol. The molecule has 0 radical (unpaired) electrons. The first-order valence-corrected chi connectivity index (χ1v) is 10.8. The Morgan fingerprint density at radius 3 is 0.929 bits per heavy atom. The Bertz CT molecular complexity index is 270. The fourth-order valence-electron chi connectivity index (χ4n) is 2.55. The molecule has 0 aromatic rings. The van der Waals surface area contributed by atoms with E-state index in [1.807, 2.05) is 0 Å². The van der Waals surface area contributed by atoms with Crippen molar-refractivity contribution < 1.29 is 14.2 Å². The number of ether oxygens (including phenoxy) is 3. The second-order valence-electron chi connectivity index (χ2n) is 8.15. The third-order valence-electron chi connectivity index (χ3n) is 4.34. The van der Waals surface area contributed by atoms with Gasteiger partial charge in [-0.3, -0.25) is 0 Å². The smallest absolute Gasteiger partial charge is 0.0593 e. The van der Waals surface area contributed by atoms with Gasteiger partial charge < -0.3 is 33.8 Å². The monoisotopic (exact) mass is 404 g/mol. The van der Waals surface area contributed by atoms with E-state index in [1.165, 1.54) is 0 Å². The van der Waals surface area contributed by atoms with E-state index in [1.54, 1.807) is 0 Å². The lowest BCUT2D eigenvalue weighted by atomic mass is 10.3. The number of hydrogen-bond donors (Lipinski definition) is 0. The average Bonchev–Trinajstić information content (AvgIpc) is 2.62. The summed E-state index contributed by atoms with van der Waals surface area (Å²) in [6, 6.07) is 0. The minimum atomic E-state index is 0.812. The SMILES string of the molecule is CN(C)CCOCCCN(CCCOCCN(C)C)CCCOCCN(C)C. The quantitative estimate of drug-likeness (QED) is 0.266. The highest BCUT2D eigenvalue weighted by molar-refractivity contribution is 4.59. The molecule has 0 saturated carbocycles. The minimum absolute atomic E-state index is 0.812. The summed E-state index contributed by atoms with van der Waals surface area (Å²) in [7, 11) is 12.5.